The highest BCUT2D eigenvalue weighted by molar-refractivity contribution is 5.79. The van der Waals surface area contributed by atoms with Crippen LogP contribution in [0.2, 0.25) is 0 Å². The topological polar surface area (TPSA) is 80.3 Å². The van der Waals surface area contributed by atoms with E-state index in [1.165, 1.54) is 6.33 Å². The molecule has 2 heterocycles. The lowest BCUT2D eigenvalue weighted by Gasteiger charge is -2.09. The van der Waals surface area contributed by atoms with Gasteiger partial charge in [0.2, 0.25) is 0 Å². The first-order chi connectivity index (χ1) is 9.29. The zero-order valence-electron chi connectivity index (χ0n) is 11.1. The van der Waals surface area contributed by atoms with Gasteiger partial charge in [-0.2, -0.15) is 5.10 Å². The second kappa shape index (κ2) is 6.58. The Hall–Kier alpha value is -2.31. The van der Waals surface area contributed by atoms with Crippen molar-refractivity contribution in [3.63, 3.8) is 0 Å². The molecule has 2 rings (SSSR count). The van der Waals surface area contributed by atoms with Gasteiger partial charge in [0.05, 0.1) is 12.8 Å². The van der Waals surface area contributed by atoms with Crippen molar-refractivity contribution in [3.05, 3.63) is 36.3 Å². The lowest BCUT2D eigenvalue weighted by Crippen LogP contribution is -2.36. The van der Waals surface area contributed by atoms with Crippen molar-refractivity contribution in [1.29, 1.82) is 0 Å². The molecule has 0 saturated carbocycles. The van der Waals surface area contributed by atoms with Crippen molar-refractivity contribution >= 4 is 5.96 Å². The van der Waals surface area contributed by atoms with Crippen molar-refractivity contribution in [2.45, 2.75) is 20.0 Å². The van der Waals surface area contributed by atoms with Gasteiger partial charge < -0.3 is 15.1 Å². The smallest absolute Gasteiger partial charge is 0.192 e. The van der Waals surface area contributed by atoms with Crippen molar-refractivity contribution in [3.8, 4) is 0 Å². The number of aliphatic imine (C=N–C) groups is 1. The summed E-state index contributed by atoms with van der Waals surface area (Å²) >= 11 is 0. The summed E-state index contributed by atoms with van der Waals surface area (Å²) in [6.07, 6.45) is 3.18. The fourth-order valence-corrected chi connectivity index (χ4v) is 1.54. The van der Waals surface area contributed by atoms with Gasteiger partial charge in [0.15, 0.2) is 5.96 Å². The molecule has 0 spiro atoms. The van der Waals surface area contributed by atoms with Crippen molar-refractivity contribution in [1.82, 2.24) is 25.4 Å². The van der Waals surface area contributed by atoms with Crippen LogP contribution in [0, 0.1) is 0 Å². The first kappa shape index (κ1) is 13.1. The molecule has 0 fully saturated rings. The summed E-state index contributed by atoms with van der Waals surface area (Å²) in [6, 6.07) is 3.78. The molecule has 0 bridgehead atoms. The maximum absolute atomic E-state index is 5.26. The maximum Gasteiger partial charge on any atom is 0.192 e. The molecule has 0 unspecified atom stereocenters. The molecule has 0 aromatic carbocycles. The molecular formula is C12H18N6O. The molecule has 2 aromatic rings. The van der Waals surface area contributed by atoms with E-state index >= 15 is 0 Å². The average Bonchev–Trinajstić information content (AvgIpc) is 3.04. The fourth-order valence-electron chi connectivity index (χ4n) is 1.54. The van der Waals surface area contributed by atoms with E-state index in [4.69, 9.17) is 4.42 Å². The van der Waals surface area contributed by atoms with E-state index in [1.54, 1.807) is 10.9 Å². The highest BCUT2D eigenvalue weighted by Crippen LogP contribution is 1.99. The molecule has 0 atom stereocenters. The number of nitrogens with one attached hydrogen (secondary N) is 2. The van der Waals surface area contributed by atoms with Gasteiger partial charge in [-0.1, -0.05) is 0 Å². The van der Waals surface area contributed by atoms with Crippen LogP contribution in [0.4, 0.5) is 0 Å². The Balaban J connectivity index is 1.93. The van der Waals surface area contributed by atoms with E-state index in [0.29, 0.717) is 13.1 Å². The Kier molecular flexibility index (Phi) is 4.54. The number of guanidine groups is 1. The summed E-state index contributed by atoms with van der Waals surface area (Å²) in [4.78, 5) is 8.57. The summed E-state index contributed by atoms with van der Waals surface area (Å²) in [7, 11) is 1.85. The van der Waals surface area contributed by atoms with Gasteiger partial charge in [-0.25, -0.2) is 9.98 Å². The standard InChI is InChI=1S/C12H18N6O/c1-3-13-12(14-7-10-5-4-6-19-10)15-8-11-16-9-17-18(11)2/h4-6,9H,3,7-8H2,1-2H3,(H2,13,14,15). The molecule has 0 aliphatic rings. The molecule has 19 heavy (non-hydrogen) atoms. The van der Waals surface area contributed by atoms with Crippen LogP contribution >= 0.6 is 0 Å². The minimum atomic E-state index is 0.476. The highest BCUT2D eigenvalue weighted by atomic mass is 16.3. The number of aryl methyl sites for hydroxylation is 1. The molecule has 7 heteroatoms. The number of furan rings is 1. The molecule has 0 aliphatic heterocycles. The Morgan fingerprint density at radius 1 is 1.47 bits per heavy atom. The minimum absolute atomic E-state index is 0.476. The van der Waals surface area contributed by atoms with E-state index < -0.39 is 0 Å². The van der Waals surface area contributed by atoms with E-state index in [0.717, 1.165) is 24.1 Å². The van der Waals surface area contributed by atoms with E-state index in [-0.39, 0.29) is 0 Å². The van der Waals surface area contributed by atoms with Gasteiger partial charge in [-0.3, -0.25) is 4.68 Å². The Bertz CT molecular complexity index is 516. The molecule has 2 aromatic heterocycles. The number of rotatable bonds is 5. The number of hydrogen-bond acceptors (Lipinski definition) is 4. The first-order valence-electron chi connectivity index (χ1n) is 6.17. The molecule has 0 radical (unpaired) electrons. The van der Waals surface area contributed by atoms with Crippen LogP contribution in [-0.4, -0.2) is 27.3 Å². The number of aromatic nitrogens is 3. The van der Waals surface area contributed by atoms with Gasteiger partial charge in [0.25, 0.3) is 0 Å². The predicted octanol–water partition coefficient (Wildman–Crippen LogP) is 0.663. The van der Waals surface area contributed by atoms with Crippen LogP contribution in [0.15, 0.2) is 34.1 Å². The van der Waals surface area contributed by atoms with Crippen LogP contribution < -0.4 is 10.6 Å². The fraction of sp³-hybridized carbons (Fsp3) is 0.417. The minimum Gasteiger partial charge on any atom is -0.467 e. The molecule has 0 saturated heterocycles. The Morgan fingerprint density at radius 3 is 3.00 bits per heavy atom. The molecule has 102 valence electrons. The van der Waals surface area contributed by atoms with Crippen LogP contribution in [0.25, 0.3) is 0 Å². The predicted molar refractivity (Wildman–Crippen MR) is 71.4 cm³/mol. The third kappa shape index (κ3) is 3.84. The second-order valence-electron chi connectivity index (χ2n) is 3.93. The molecule has 7 nitrogen and oxygen atoms in total. The summed E-state index contributed by atoms with van der Waals surface area (Å²) in [5, 5.41) is 10.4. The molecular weight excluding hydrogens is 244 g/mol. The zero-order valence-corrected chi connectivity index (χ0v) is 11.1. The second-order valence-corrected chi connectivity index (χ2v) is 3.93. The van der Waals surface area contributed by atoms with Crippen LogP contribution in [-0.2, 0) is 20.1 Å². The SMILES string of the molecule is CCNC(=NCc1ncnn1C)NCc1ccco1. The van der Waals surface area contributed by atoms with E-state index in [2.05, 4.69) is 25.7 Å². The molecule has 2 N–H and O–H groups in total. The monoisotopic (exact) mass is 262 g/mol. The van der Waals surface area contributed by atoms with Crippen molar-refractivity contribution in [2.75, 3.05) is 6.54 Å². The molecule has 0 aliphatic carbocycles. The Morgan fingerprint density at radius 2 is 2.37 bits per heavy atom. The summed E-state index contributed by atoms with van der Waals surface area (Å²) in [6.45, 7) is 3.89. The lowest BCUT2D eigenvalue weighted by atomic mass is 10.4. The van der Waals surface area contributed by atoms with Gasteiger partial charge in [0.1, 0.15) is 24.5 Å². The Labute approximate surface area is 111 Å². The van der Waals surface area contributed by atoms with Gasteiger partial charge >= 0.3 is 0 Å². The van der Waals surface area contributed by atoms with Crippen LogP contribution in [0.1, 0.15) is 18.5 Å². The maximum atomic E-state index is 5.26. The normalized spacial score (nSPS) is 11.6. The summed E-state index contributed by atoms with van der Waals surface area (Å²) in [5.74, 6) is 2.40. The van der Waals surface area contributed by atoms with E-state index in [9.17, 15) is 0 Å². The van der Waals surface area contributed by atoms with Gasteiger partial charge in [-0.15, -0.1) is 0 Å². The third-order valence-electron chi connectivity index (χ3n) is 2.54. The lowest BCUT2D eigenvalue weighted by molar-refractivity contribution is 0.501. The summed E-state index contributed by atoms with van der Waals surface area (Å²) < 4.78 is 6.97. The van der Waals surface area contributed by atoms with Crippen LogP contribution in [0.5, 0.6) is 0 Å². The first-order valence-corrected chi connectivity index (χ1v) is 6.17. The van der Waals surface area contributed by atoms with Crippen LogP contribution in [0.3, 0.4) is 0 Å². The van der Waals surface area contributed by atoms with E-state index in [1.807, 2.05) is 26.1 Å². The third-order valence-corrected chi connectivity index (χ3v) is 2.54. The van der Waals surface area contributed by atoms with Gasteiger partial charge in [-0.05, 0) is 19.1 Å². The van der Waals surface area contributed by atoms with Crippen molar-refractivity contribution < 1.29 is 4.42 Å². The summed E-state index contributed by atoms with van der Waals surface area (Å²) in [5.41, 5.74) is 0. The highest BCUT2D eigenvalue weighted by Gasteiger charge is 2.02. The largest absolute Gasteiger partial charge is 0.467 e. The molecule has 0 amide bonds. The zero-order chi connectivity index (χ0) is 13.5. The number of nitrogens with zero attached hydrogens (tertiary/aromatic N) is 4. The van der Waals surface area contributed by atoms with Crippen molar-refractivity contribution in [2.24, 2.45) is 12.0 Å². The number of hydrogen-bond donors (Lipinski definition) is 2. The van der Waals surface area contributed by atoms with Gasteiger partial charge in [0, 0.05) is 13.6 Å². The quantitative estimate of drug-likeness (QED) is 0.611. The average molecular weight is 262 g/mol.